The summed E-state index contributed by atoms with van der Waals surface area (Å²) in [5.41, 5.74) is 0. The average Bonchev–Trinajstić information content (AvgIpc) is 3.31. The maximum atomic E-state index is 13.5. The third-order valence-corrected chi connectivity index (χ3v) is 12.8. The zero-order valence-corrected chi connectivity index (χ0v) is 46.1. The van der Waals surface area contributed by atoms with E-state index in [1.165, 1.54) is 77.0 Å². The fourth-order valence-electron chi connectivity index (χ4n) is 7.48. The Hall–Kier alpha value is -2.81. The lowest BCUT2D eigenvalue weighted by molar-refractivity contribution is -0.870. The van der Waals surface area contributed by atoms with Crippen molar-refractivity contribution in [2.24, 2.45) is 0 Å². The number of nitrogens with one attached hydrogen (secondary N) is 1. The number of nitrogens with zero attached hydrogens (tertiary/aromatic N) is 1. The number of esters is 1. The van der Waals surface area contributed by atoms with Crippen LogP contribution in [0.25, 0.3) is 0 Å². The molecule has 0 aliphatic carbocycles. The first-order valence-electron chi connectivity index (χ1n) is 27.9. The summed E-state index contributed by atoms with van der Waals surface area (Å²) in [7, 11) is 1.14. The molecule has 0 rings (SSSR count). The van der Waals surface area contributed by atoms with Gasteiger partial charge in [0.2, 0.25) is 5.91 Å². The van der Waals surface area contributed by atoms with Gasteiger partial charge in [0.25, 0.3) is 7.82 Å². The molecule has 0 aromatic rings. The van der Waals surface area contributed by atoms with Crippen LogP contribution in [0.3, 0.4) is 0 Å². The van der Waals surface area contributed by atoms with Crippen LogP contribution in [0.1, 0.15) is 226 Å². The molecule has 0 fully saturated rings. The molecule has 3 atom stereocenters. The Morgan fingerprint density at radius 3 is 1.42 bits per heavy atom. The molecule has 10 heteroatoms. The molecular formula is C59H105N2O7P. The third kappa shape index (κ3) is 49.9. The zero-order chi connectivity index (χ0) is 50.8. The average molecular weight is 985 g/mol. The van der Waals surface area contributed by atoms with Crippen molar-refractivity contribution in [2.45, 2.75) is 238 Å². The van der Waals surface area contributed by atoms with Gasteiger partial charge < -0.3 is 28.5 Å². The van der Waals surface area contributed by atoms with Gasteiger partial charge in [-0.05, 0) is 102 Å². The molecule has 1 N–H and O–H groups in total. The van der Waals surface area contributed by atoms with E-state index in [9.17, 15) is 19.0 Å². The number of phosphoric ester groups is 1. The van der Waals surface area contributed by atoms with Crippen LogP contribution >= 0.6 is 7.82 Å². The topological polar surface area (TPSA) is 114 Å². The van der Waals surface area contributed by atoms with Crippen LogP contribution in [0, 0.1) is 0 Å². The third-order valence-electron chi connectivity index (χ3n) is 11.8. The normalized spacial score (nSPS) is 14.5. The van der Waals surface area contributed by atoms with Crippen molar-refractivity contribution < 1.29 is 37.3 Å². The summed E-state index contributed by atoms with van der Waals surface area (Å²) in [6.45, 7) is 6.64. The van der Waals surface area contributed by atoms with Gasteiger partial charge in [-0.15, -0.1) is 0 Å². The summed E-state index contributed by atoms with van der Waals surface area (Å²) in [5, 5.41) is 3.00. The number of hydrogen-bond acceptors (Lipinski definition) is 7. The first-order chi connectivity index (χ1) is 33.4. The Morgan fingerprint density at radius 1 is 0.522 bits per heavy atom. The lowest BCUT2D eigenvalue weighted by atomic mass is 10.0. The first-order valence-corrected chi connectivity index (χ1v) is 29.4. The molecule has 0 aliphatic heterocycles. The summed E-state index contributed by atoms with van der Waals surface area (Å²) in [5.74, 6) is -0.598. The lowest BCUT2D eigenvalue weighted by Crippen LogP contribution is -2.47. The number of carbonyl (C=O) groups excluding carboxylic acids is 2. The second-order valence-corrected chi connectivity index (χ2v) is 21.1. The van der Waals surface area contributed by atoms with E-state index in [-0.39, 0.29) is 31.3 Å². The van der Waals surface area contributed by atoms with Gasteiger partial charge in [0.15, 0.2) is 0 Å². The van der Waals surface area contributed by atoms with Crippen molar-refractivity contribution in [1.29, 1.82) is 0 Å². The predicted molar refractivity (Wildman–Crippen MR) is 293 cm³/mol. The number of hydrogen-bond donors (Lipinski definition) is 1. The Labute approximate surface area is 425 Å². The van der Waals surface area contributed by atoms with Gasteiger partial charge >= 0.3 is 5.97 Å². The van der Waals surface area contributed by atoms with E-state index in [0.29, 0.717) is 23.9 Å². The van der Waals surface area contributed by atoms with Crippen LogP contribution in [-0.4, -0.2) is 69.4 Å². The maximum absolute atomic E-state index is 13.5. The van der Waals surface area contributed by atoms with E-state index in [4.69, 9.17) is 13.8 Å². The molecular weight excluding hydrogens is 880 g/mol. The first kappa shape index (κ1) is 66.2. The fraction of sp³-hybridized carbons (Fsp3) is 0.729. The monoisotopic (exact) mass is 985 g/mol. The quantitative estimate of drug-likeness (QED) is 0.0212. The van der Waals surface area contributed by atoms with Gasteiger partial charge in [0.1, 0.15) is 19.3 Å². The number of phosphoric acid groups is 1. The lowest BCUT2D eigenvalue weighted by Gasteiger charge is -2.30. The van der Waals surface area contributed by atoms with Crippen molar-refractivity contribution in [3.8, 4) is 0 Å². The molecule has 0 aliphatic rings. The largest absolute Gasteiger partial charge is 0.756 e. The smallest absolute Gasteiger partial charge is 0.306 e. The summed E-state index contributed by atoms with van der Waals surface area (Å²) >= 11 is 0. The molecule has 0 heterocycles. The molecule has 3 unspecified atom stereocenters. The van der Waals surface area contributed by atoms with Crippen molar-refractivity contribution in [3.63, 3.8) is 0 Å². The zero-order valence-electron chi connectivity index (χ0n) is 45.2. The van der Waals surface area contributed by atoms with Gasteiger partial charge in [-0.25, -0.2) is 0 Å². The molecule has 0 saturated heterocycles. The minimum Gasteiger partial charge on any atom is -0.756 e. The molecule has 0 bridgehead atoms. The Balaban J connectivity index is 5.46. The molecule has 0 saturated carbocycles. The number of allylic oxidation sites excluding steroid dienone is 13. The van der Waals surface area contributed by atoms with Crippen LogP contribution < -0.4 is 10.2 Å². The molecule has 69 heavy (non-hydrogen) atoms. The van der Waals surface area contributed by atoms with Crippen LogP contribution in [-0.2, 0) is 27.9 Å². The Bertz CT molecular complexity index is 1460. The fourth-order valence-corrected chi connectivity index (χ4v) is 8.20. The van der Waals surface area contributed by atoms with Gasteiger partial charge in [-0.2, -0.15) is 0 Å². The predicted octanol–water partition coefficient (Wildman–Crippen LogP) is 16.0. The van der Waals surface area contributed by atoms with Gasteiger partial charge in [-0.3, -0.25) is 14.2 Å². The second-order valence-electron chi connectivity index (χ2n) is 19.7. The molecule has 0 aromatic carbocycles. The molecule has 0 aromatic heterocycles. The molecule has 9 nitrogen and oxygen atoms in total. The molecule has 398 valence electrons. The van der Waals surface area contributed by atoms with Crippen LogP contribution in [0.2, 0.25) is 0 Å². The SMILES string of the molecule is CC/C=C/C/C=C/C/C=C/CCCCCCC(=O)OC(/C=C/CCCCCCCCCCCC)C(COP(=O)([O-])OCC[N+](C)(C)C)NC(=O)CCCCCC/C=C\C/C=C\C/C=C\CCCCC. The van der Waals surface area contributed by atoms with Crippen molar-refractivity contribution >= 4 is 19.7 Å². The van der Waals surface area contributed by atoms with Crippen molar-refractivity contribution in [2.75, 3.05) is 40.9 Å². The summed E-state index contributed by atoms with van der Waals surface area (Å²) in [6, 6.07) is -0.912. The summed E-state index contributed by atoms with van der Waals surface area (Å²) in [6.07, 6.45) is 62.6. The highest BCUT2D eigenvalue weighted by Gasteiger charge is 2.27. The second kappa shape index (κ2) is 48.8. The van der Waals surface area contributed by atoms with Crippen molar-refractivity contribution in [3.05, 3.63) is 85.1 Å². The Morgan fingerprint density at radius 2 is 0.928 bits per heavy atom. The minimum absolute atomic E-state index is 0.0345. The van der Waals surface area contributed by atoms with Crippen LogP contribution in [0.4, 0.5) is 0 Å². The minimum atomic E-state index is -4.71. The van der Waals surface area contributed by atoms with E-state index >= 15 is 0 Å². The number of carbonyl (C=O) groups is 2. The van der Waals surface area contributed by atoms with Crippen LogP contribution in [0.15, 0.2) is 85.1 Å². The highest BCUT2D eigenvalue weighted by molar-refractivity contribution is 7.45. The molecule has 0 radical (unpaired) electrons. The molecule has 1 amide bonds. The van der Waals surface area contributed by atoms with E-state index in [1.54, 1.807) is 0 Å². The van der Waals surface area contributed by atoms with Crippen molar-refractivity contribution in [1.82, 2.24) is 5.32 Å². The number of likely N-dealkylation sites (N-methyl/N-ethyl adjacent to an activating group) is 1. The summed E-state index contributed by atoms with van der Waals surface area (Å²) in [4.78, 5) is 39.8. The van der Waals surface area contributed by atoms with Gasteiger partial charge in [0.05, 0.1) is 33.8 Å². The van der Waals surface area contributed by atoms with E-state index in [0.717, 1.165) is 103 Å². The van der Waals surface area contributed by atoms with Gasteiger partial charge in [-0.1, -0.05) is 196 Å². The van der Waals surface area contributed by atoms with Gasteiger partial charge in [0, 0.05) is 12.8 Å². The van der Waals surface area contributed by atoms with E-state index < -0.39 is 26.6 Å². The molecule has 0 spiro atoms. The highest BCUT2D eigenvalue weighted by atomic mass is 31.2. The Kier molecular flexibility index (Phi) is 46.8. The van der Waals surface area contributed by atoms with E-state index in [2.05, 4.69) is 99.0 Å². The summed E-state index contributed by atoms with van der Waals surface area (Å²) < 4.78 is 30.2. The number of amides is 1. The number of rotatable bonds is 49. The van der Waals surface area contributed by atoms with Crippen LogP contribution in [0.5, 0.6) is 0 Å². The number of quaternary nitrogens is 1. The number of unbranched alkanes of at least 4 members (excludes halogenated alkanes) is 21. The highest BCUT2D eigenvalue weighted by Crippen LogP contribution is 2.38. The van der Waals surface area contributed by atoms with E-state index in [1.807, 2.05) is 33.3 Å². The number of ether oxygens (including phenoxy) is 1. The maximum Gasteiger partial charge on any atom is 0.306 e. The standard InChI is InChI=1S/C59H105N2O7P/c1-7-10-13-16-19-22-25-28-30-31-32-33-36-39-42-45-48-51-58(62)60-56(55-67-69(64,65)66-54-53-61(4,5)6)57(50-47-44-41-38-35-27-24-21-18-15-12-9-3)68-59(63)52-49-46-43-40-37-34-29-26-23-20-17-14-11-8-2/h11,14,19-20,22-23,28-30,32-34,47,50,56-57H,7-10,12-13,15-18,21,24-27,31,35-46,48-49,51-55H2,1-6H3,(H-,60,62,64,65)/b14-11+,22-19-,23-20+,30-28-,33-32-,34-29+,50-47+.